The number of methoxy groups -OCH3 is 2. The van der Waals surface area contributed by atoms with Crippen molar-refractivity contribution < 1.29 is 33.8 Å². The minimum atomic E-state index is -0.774. The van der Waals surface area contributed by atoms with E-state index in [1.165, 1.54) is 14.2 Å². The third-order valence-electron chi connectivity index (χ3n) is 10.5. The molecule has 12 heteroatoms. The van der Waals surface area contributed by atoms with Gasteiger partial charge in [-0.1, -0.05) is 85.2 Å². The molecule has 9 atom stereocenters. The van der Waals surface area contributed by atoms with Crippen molar-refractivity contribution in [1.29, 1.82) is 0 Å². The number of carbonyl (C=O) groups excluding carboxylic acids is 4. The summed E-state index contributed by atoms with van der Waals surface area (Å²) >= 11 is 0. The number of likely N-dealkylation sites (tertiary alicyclic amines) is 1. The molecule has 1 aliphatic heterocycles. The van der Waals surface area contributed by atoms with Gasteiger partial charge in [0.2, 0.25) is 23.6 Å². The maximum absolute atomic E-state index is 14.2. The Labute approximate surface area is 307 Å². The quantitative estimate of drug-likeness (QED) is 0.187. The fraction of sp³-hybridized carbons (Fsp3) is 0.744. The first kappa shape index (κ1) is 44.1. The number of likely N-dealkylation sites (N-methyl/N-ethyl adjacent to an activating group) is 2. The predicted octanol–water partition coefficient (Wildman–Crippen LogP) is 2.96. The molecule has 0 radical (unpaired) electrons. The van der Waals surface area contributed by atoms with Crippen LogP contribution in [0.4, 0.5) is 0 Å². The second kappa shape index (κ2) is 20.8. The Morgan fingerprint density at radius 1 is 0.941 bits per heavy atom. The van der Waals surface area contributed by atoms with Crippen LogP contribution in [-0.4, -0.2) is 134 Å². The lowest BCUT2D eigenvalue weighted by Crippen LogP contribution is -2.59. The van der Waals surface area contributed by atoms with E-state index in [2.05, 4.69) is 10.6 Å². The SMILES string of the molecule is CC[C@H](C)[C@@H]([C@@H](CC(=O)N1C[C@H](O)C[C@@H]1[C@H](OC)[C@@H](C)C(=O)NCCc1ccccc1)OC)N(C)C(=O)[C@@H](NC(=O)[C@H](C(C)C)N(C)C)C(C)C. The van der Waals surface area contributed by atoms with Crippen LogP contribution >= 0.6 is 0 Å². The highest BCUT2D eigenvalue weighted by Gasteiger charge is 2.45. The second-order valence-electron chi connectivity index (χ2n) is 15.2. The van der Waals surface area contributed by atoms with Gasteiger partial charge in [0.05, 0.1) is 48.8 Å². The van der Waals surface area contributed by atoms with E-state index in [-0.39, 0.29) is 60.8 Å². The lowest BCUT2D eigenvalue weighted by Gasteiger charge is -2.41. The summed E-state index contributed by atoms with van der Waals surface area (Å²) in [6.07, 6.45) is -0.452. The summed E-state index contributed by atoms with van der Waals surface area (Å²) in [6, 6.07) is 7.71. The van der Waals surface area contributed by atoms with Gasteiger partial charge in [-0.05, 0) is 50.3 Å². The number of hydrogen-bond donors (Lipinski definition) is 3. The van der Waals surface area contributed by atoms with E-state index >= 15 is 0 Å². The summed E-state index contributed by atoms with van der Waals surface area (Å²) in [5.41, 5.74) is 1.12. The monoisotopic (exact) mass is 718 g/mol. The molecule has 0 saturated carbocycles. The largest absolute Gasteiger partial charge is 0.391 e. The standard InChI is InChI=1S/C39H67N5O7/c1-13-26(6)35(43(10)39(49)33(24(2)3)41-38(48)34(25(4)5)42(8)9)31(50-11)22-32(46)44-23-29(45)21-30(44)36(51-12)27(7)37(47)40-20-19-28-17-15-14-16-18-28/h14-18,24-27,29-31,33-36,45H,13,19-23H2,1-12H3,(H,40,47)(H,41,48)/t26-,27+,29+,30+,31+,33-,34-,35-,36+/m0/s1. The first-order chi connectivity index (χ1) is 24.0. The fourth-order valence-electron chi connectivity index (χ4n) is 7.54. The molecule has 1 aromatic carbocycles. The van der Waals surface area contributed by atoms with Gasteiger partial charge in [-0.15, -0.1) is 0 Å². The van der Waals surface area contributed by atoms with Crippen molar-refractivity contribution in [3.8, 4) is 0 Å². The van der Waals surface area contributed by atoms with Crippen LogP contribution in [0.3, 0.4) is 0 Å². The van der Waals surface area contributed by atoms with E-state index in [1.807, 2.05) is 90.9 Å². The number of rotatable bonds is 20. The first-order valence-corrected chi connectivity index (χ1v) is 18.6. The summed E-state index contributed by atoms with van der Waals surface area (Å²) in [5, 5.41) is 16.8. The topological polar surface area (TPSA) is 141 Å². The molecular formula is C39H67N5O7. The number of β-amino-alcohol motifs (C(OH)–C–C–N with tert-alkyl or cyclic N) is 1. The highest BCUT2D eigenvalue weighted by Crippen LogP contribution is 2.30. The Hall–Kier alpha value is -3.06. The van der Waals surface area contributed by atoms with Crippen molar-refractivity contribution in [2.45, 2.75) is 117 Å². The summed E-state index contributed by atoms with van der Waals surface area (Å²) in [4.78, 5) is 60.0. The van der Waals surface area contributed by atoms with Gasteiger partial charge < -0.3 is 35.0 Å². The van der Waals surface area contributed by atoms with Crippen molar-refractivity contribution in [2.24, 2.45) is 23.7 Å². The number of aliphatic hydroxyl groups is 1. The third kappa shape index (κ3) is 12.0. The lowest BCUT2D eigenvalue weighted by atomic mass is 9.89. The summed E-state index contributed by atoms with van der Waals surface area (Å²) in [5.74, 6) is -1.67. The van der Waals surface area contributed by atoms with Crippen molar-refractivity contribution in [3.63, 3.8) is 0 Å². The van der Waals surface area contributed by atoms with Crippen molar-refractivity contribution in [3.05, 3.63) is 35.9 Å². The number of nitrogens with one attached hydrogen (secondary N) is 2. The van der Waals surface area contributed by atoms with Gasteiger partial charge in [0.25, 0.3) is 0 Å². The molecule has 1 heterocycles. The van der Waals surface area contributed by atoms with Crippen LogP contribution in [0, 0.1) is 23.7 Å². The molecule has 0 unspecified atom stereocenters. The number of aliphatic hydroxyl groups excluding tert-OH is 1. The Morgan fingerprint density at radius 3 is 2.08 bits per heavy atom. The van der Waals surface area contributed by atoms with Crippen molar-refractivity contribution >= 4 is 23.6 Å². The van der Waals surface area contributed by atoms with Gasteiger partial charge >= 0.3 is 0 Å². The fourth-order valence-corrected chi connectivity index (χ4v) is 7.54. The summed E-state index contributed by atoms with van der Waals surface area (Å²) < 4.78 is 11.8. The Morgan fingerprint density at radius 2 is 1.57 bits per heavy atom. The molecular weight excluding hydrogens is 650 g/mol. The molecule has 1 fully saturated rings. The van der Waals surface area contributed by atoms with Crippen LogP contribution in [0.1, 0.15) is 73.3 Å². The number of amides is 4. The normalized spacial score (nSPS) is 20.4. The zero-order valence-corrected chi connectivity index (χ0v) is 33.2. The second-order valence-corrected chi connectivity index (χ2v) is 15.2. The molecule has 1 saturated heterocycles. The van der Waals surface area contributed by atoms with Gasteiger partial charge in [0.1, 0.15) is 6.04 Å². The minimum Gasteiger partial charge on any atom is -0.391 e. The molecule has 3 N–H and O–H groups in total. The first-order valence-electron chi connectivity index (χ1n) is 18.6. The highest BCUT2D eigenvalue weighted by atomic mass is 16.5. The van der Waals surface area contributed by atoms with Gasteiger partial charge in [-0.25, -0.2) is 0 Å². The van der Waals surface area contributed by atoms with E-state index in [1.54, 1.807) is 23.8 Å². The molecule has 0 aliphatic carbocycles. The minimum absolute atomic E-state index is 0.0417. The molecule has 0 aromatic heterocycles. The van der Waals surface area contributed by atoms with Crippen LogP contribution < -0.4 is 10.6 Å². The molecule has 2 rings (SSSR count). The van der Waals surface area contributed by atoms with Crippen LogP contribution in [0.15, 0.2) is 30.3 Å². The average Bonchev–Trinajstić information content (AvgIpc) is 3.47. The third-order valence-corrected chi connectivity index (χ3v) is 10.5. The maximum atomic E-state index is 14.2. The van der Waals surface area contributed by atoms with Gasteiger partial charge in [-0.2, -0.15) is 0 Å². The number of carbonyl (C=O) groups is 4. The predicted molar refractivity (Wildman–Crippen MR) is 200 cm³/mol. The zero-order valence-electron chi connectivity index (χ0n) is 33.2. The van der Waals surface area contributed by atoms with Crippen molar-refractivity contribution in [2.75, 3.05) is 48.5 Å². The molecule has 51 heavy (non-hydrogen) atoms. The molecule has 4 amide bonds. The molecule has 1 aliphatic rings. The van der Waals surface area contributed by atoms with E-state index in [0.717, 1.165) is 12.0 Å². The lowest BCUT2D eigenvalue weighted by molar-refractivity contribution is -0.148. The van der Waals surface area contributed by atoms with Crippen LogP contribution in [0.25, 0.3) is 0 Å². The number of hydrogen-bond acceptors (Lipinski definition) is 8. The molecule has 290 valence electrons. The zero-order chi connectivity index (χ0) is 38.6. The molecule has 12 nitrogen and oxygen atoms in total. The highest BCUT2D eigenvalue weighted by molar-refractivity contribution is 5.90. The molecule has 1 aromatic rings. The van der Waals surface area contributed by atoms with E-state index in [4.69, 9.17) is 9.47 Å². The Kier molecular flexibility index (Phi) is 18.0. The van der Waals surface area contributed by atoms with E-state index < -0.39 is 48.4 Å². The van der Waals surface area contributed by atoms with Gasteiger partial charge in [0, 0.05) is 34.4 Å². The van der Waals surface area contributed by atoms with Crippen LogP contribution in [0.5, 0.6) is 0 Å². The van der Waals surface area contributed by atoms with E-state index in [9.17, 15) is 24.3 Å². The smallest absolute Gasteiger partial charge is 0.245 e. The molecule has 0 spiro atoms. The van der Waals surface area contributed by atoms with E-state index in [0.29, 0.717) is 13.0 Å². The Balaban J connectivity index is 2.25. The number of ether oxygens (including phenoxy) is 2. The summed E-state index contributed by atoms with van der Waals surface area (Å²) in [7, 11) is 8.47. The van der Waals surface area contributed by atoms with Crippen LogP contribution in [-0.2, 0) is 35.1 Å². The maximum Gasteiger partial charge on any atom is 0.245 e. The van der Waals surface area contributed by atoms with Crippen molar-refractivity contribution in [1.82, 2.24) is 25.3 Å². The number of benzene rings is 1. The summed E-state index contributed by atoms with van der Waals surface area (Å²) in [6.45, 7) is 14.2. The molecule has 0 bridgehead atoms. The number of nitrogens with zero attached hydrogens (tertiary/aromatic N) is 3. The Bertz CT molecular complexity index is 1240. The average molecular weight is 718 g/mol. The van der Waals surface area contributed by atoms with Gasteiger partial charge in [-0.3, -0.25) is 24.1 Å². The van der Waals surface area contributed by atoms with Crippen LogP contribution in [0.2, 0.25) is 0 Å². The van der Waals surface area contributed by atoms with Gasteiger partial charge in [0.15, 0.2) is 0 Å².